The molecule has 0 aromatic carbocycles. The second-order valence-corrected chi connectivity index (χ2v) is 12.1. The molecule has 1 saturated heterocycles. The van der Waals surface area contributed by atoms with Crippen LogP contribution in [0.2, 0.25) is 0 Å². The Labute approximate surface area is 201 Å². The molecule has 1 N–H and O–H groups in total. The van der Waals surface area contributed by atoms with Crippen LogP contribution in [0.15, 0.2) is 16.1 Å². The molecule has 0 radical (unpaired) electrons. The third kappa shape index (κ3) is 7.33. The average Bonchev–Trinajstić information content (AvgIpc) is 2.71. The van der Waals surface area contributed by atoms with Gasteiger partial charge < -0.3 is 9.84 Å². The number of carboxylic acid groups (broad SMARTS) is 1. The Balaban J connectivity index is 2.19. The lowest BCUT2D eigenvalue weighted by Gasteiger charge is -2.48. The van der Waals surface area contributed by atoms with E-state index in [-0.39, 0.29) is 17.4 Å². The molecule has 1 aliphatic heterocycles. The molecular weight excluding hydrogens is 420 g/mol. The number of aliphatic carboxylic acids is 1. The number of hydrogen-bond acceptors (Lipinski definition) is 5. The molecule has 0 aromatic rings. The summed E-state index contributed by atoms with van der Waals surface area (Å²) in [6, 6.07) is 0. The standard InChI is InChI=1S/C26H46N2O3S/c1-18-10-8-9-11-23(18)20(3)27-14-22(32)16-28-15-21(25(4,5)6)13-26(17-28,24(29)30)12-19(2)31-7/h14,18-19,21,23,32H,8-13,15-17H2,1-7H3,(H,29,30)/b22-14-,27-20?/t18?,19?,21-,23?,26-/m1/s1. The highest BCUT2D eigenvalue weighted by Crippen LogP contribution is 2.44. The van der Waals surface area contributed by atoms with Gasteiger partial charge in [0.05, 0.1) is 11.5 Å². The van der Waals surface area contributed by atoms with Crippen LogP contribution in [0.5, 0.6) is 0 Å². The normalized spacial score (nSPS) is 32.1. The van der Waals surface area contributed by atoms with Crippen molar-refractivity contribution in [3.63, 3.8) is 0 Å². The Kier molecular flexibility index (Phi) is 9.87. The van der Waals surface area contributed by atoms with Crippen LogP contribution < -0.4 is 0 Å². The summed E-state index contributed by atoms with van der Waals surface area (Å²) in [6.07, 6.45) is 8.12. The molecule has 0 amide bonds. The molecule has 1 aliphatic carbocycles. The molecule has 1 heterocycles. The fourth-order valence-electron chi connectivity index (χ4n) is 5.61. The molecule has 3 unspecified atom stereocenters. The number of ether oxygens (including phenoxy) is 1. The van der Waals surface area contributed by atoms with E-state index in [1.54, 1.807) is 7.11 Å². The average molecular weight is 467 g/mol. The fourth-order valence-corrected chi connectivity index (χ4v) is 5.87. The summed E-state index contributed by atoms with van der Waals surface area (Å²) >= 11 is 4.74. The fraction of sp³-hybridized carbons (Fsp3) is 0.846. The minimum Gasteiger partial charge on any atom is -0.481 e. The maximum atomic E-state index is 12.5. The second-order valence-electron chi connectivity index (χ2n) is 11.5. The zero-order chi connectivity index (χ0) is 24.1. The van der Waals surface area contributed by atoms with Gasteiger partial charge in [0.1, 0.15) is 0 Å². The van der Waals surface area contributed by atoms with Gasteiger partial charge in [0, 0.05) is 43.6 Å². The van der Waals surface area contributed by atoms with Gasteiger partial charge in [0.25, 0.3) is 0 Å². The van der Waals surface area contributed by atoms with Crippen LogP contribution in [0.3, 0.4) is 0 Å². The van der Waals surface area contributed by atoms with E-state index in [9.17, 15) is 9.90 Å². The van der Waals surface area contributed by atoms with Crippen molar-refractivity contribution in [1.29, 1.82) is 0 Å². The zero-order valence-electron chi connectivity index (χ0n) is 21.4. The number of likely N-dealkylation sites (tertiary alicyclic amines) is 1. The molecule has 2 fully saturated rings. The first-order valence-electron chi connectivity index (χ1n) is 12.3. The lowest BCUT2D eigenvalue weighted by molar-refractivity contribution is -0.158. The molecule has 5 atom stereocenters. The number of nitrogens with zero attached hydrogens (tertiary/aromatic N) is 2. The highest BCUT2D eigenvalue weighted by molar-refractivity contribution is 7.84. The van der Waals surface area contributed by atoms with E-state index in [0.717, 1.165) is 11.4 Å². The van der Waals surface area contributed by atoms with Crippen molar-refractivity contribution in [1.82, 2.24) is 4.90 Å². The summed E-state index contributed by atoms with van der Waals surface area (Å²) in [5.41, 5.74) is 0.419. The zero-order valence-corrected chi connectivity index (χ0v) is 22.3. The van der Waals surface area contributed by atoms with Gasteiger partial charge in [-0.25, -0.2) is 0 Å². The van der Waals surface area contributed by atoms with E-state index < -0.39 is 11.4 Å². The Morgan fingerprint density at radius 3 is 2.56 bits per heavy atom. The lowest BCUT2D eigenvalue weighted by atomic mass is 9.65. The Morgan fingerprint density at radius 1 is 1.34 bits per heavy atom. The summed E-state index contributed by atoms with van der Waals surface area (Å²) in [5.74, 6) is 0.825. The maximum Gasteiger partial charge on any atom is 0.311 e. The largest absolute Gasteiger partial charge is 0.481 e. The monoisotopic (exact) mass is 466 g/mol. The van der Waals surface area contributed by atoms with E-state index in [1.807, 2.05) is 13.1 Å². The number of hydrogen-bond donors (Lipinski definition) is 2. The Morgan fingerprint density at radius 2 is 2.00 bits per heavy atom. The van der Waals surface area contributed by atoms with Gasteiger partial charge in [0.15, 0.2) is 0 Å². The van der Waals surface area contributed by atoms with Gasteiger partial charge in [-0.15, -0.1) is 12.6 Å². The smallest absolute Gasteiger partial charge is 0.311 e. The summed E-state index contributed by atoms with van der Waals surface area (Å²) in [7, 11) is 1.66. The van der Waals surface area contributed by atoms with Gasteiger partial charge in [-0.3, -0.25) is 14.7 Å². The molecule has 0 spiro atoms. The third-order valence-corrected chi connectivity index (χ3v) is 8.11. The molecule has 2 aliphatic rings. The highest BCUT2D eigenvalue weighted by Gasteiger charge is 2.49. The number of thiol groups is 1. The first kappa shape index (κ1) is 27.4. The lowest BCUT2D eigenvalue weighted by Crippen LogP contribution is -2.54. The summed E-state index contributed by atoms with van der Waals surface area (Å²) < 4.78 is 5.47. The van der Waals surface area contributed by atoms with Gasteiger partial charge in [0.2, 0.25) is 0 Å². The van der Waals surface area contributed by atoms with Gasteiger partial charge in [-0.2, -0.15) is 0 Å². The van der Waals surface area contributed by atoms with Crippen molar-refractivity contribution in [2.75, 3.05) is 26.7 Å². The topological polar surface area (TPSA) is 62.1 Å². The van der Waals surface area contributed by atoms with Crippen molar-refractivity contribution < 1.29 is 14.6 Å². The van der Waals surface area contributed by atoms with Crippen molar-refractivity contribution in [3.05, 3.63) is 11.1 Å². The van der Waals surface area contributed by atoms with E-state index in [1.165, 1.54) is 31.4 Å². The van der Waals surface area contributed by atoms with Crippen LogP contribution in [-0.4, -0.2) is 54.5 Å². The minimum atomic E-state index is -0.809. The van der Waals surface area contributed by atoms with Crippen LogP contribution in [0.4, 0.5) is 0 Å². The molecule has 32 heavy (non-hydrogen) atoms. The van der Waals surface area contributed by atoms with Gasteiger partial charge >= 0.3 is 5.97 Å². The number of methoxy groups -OCH3 is 1. The first-order chi connectivity index (χ1) is 14.9. The van der Waals surface area contributed by atoms with Crippen molar-refractivity contribution in [2.24, 2.45) is 33.6 Å². The molecule has 0 aromatic heterocycles. The van der Waals surface area contributed by atoms with E-state index >= 15 is 0 Å². The highest BCUT2D eigenvalue weighted by atomic mass is 32.1. The van der Waals surface area contributed by atoms with Crippen molar-refractivity contribution >= 4 is 24.3 Å². The minimum absolute atomic E-state index is 0.0298. The molecule has 6 heteroatoms. The third-order valence-electron chi connectivity index (χ3n) is 7.85. The maximum absolute atomic E-state index is 12.5. The summed E-state index contributed by atoms with van der Waals surface area (Å²) in [6.45, 7) is 15.1. The predicted molar refractivity (Wildman–Crippen MR) is 136 cm³/mol. The SMILES string of the molecule is COC(C)C[C@@]1(C(=O)O)C[C@@H](C(C)(C)C)CN(C/C(S)=C/N=C(C)C2CCCCC2C)C1. The predicted octanol–water partition coefficient (Wildman–Crippen LogP) is 5.91. The van der Waals surface area contributed by atoms with Crippen LogP contribution in [0.25, 0.3) is 0 Å². The van der Waals surface area contributed by atoms with Crippen molar-refractivity contribution in [3.8, 4) is 0 Å². The molecule has 1 saturated carbocycles. The molecule has 5 nitrogen and oxygen atoms in total. The summed E-state index contributed by atoms with van der Waals surface area (Å²) in [4.78, 5) is 20.5. The number of rotatable bonds is 8. The number of aliphatic imine (C=N–C) groups is 1. The molecule has 2 rings (SSSR count). The quantitative estimate of drug-likeness (QED) is 0.345. The number of carbonyl (C=O) groups is 1. The number of piperidine rings is 1. The van der Waals surface area contributed by atoms with Crippen molar-refractivity contribution in [2.45, 2.75) is 86.2 Å². The molecule has 0 bridgehead atoms. The Bertz CT molecular complexity index is 700. The number of carboxylic acids is 1. The van der Waals surface area contributed by atoms with Crippen LogP contribution in [-0.2, 0) is 9.53 Å². The first-order valence-corrected chi connectivity index (χ1v) is 12.7. The Hall–Kier alpha value is -0.850. The van der Waals surface area contributed by atoms with Gasteiger partial charge in [-0.1, -0.05) is 47.0 Å². The van der Waals surface area contributed by atoms with E-state index in [2.05, 4.69) is 39.5 Å². The second kappa shape index (κ2) is 11.5. The van der Waals surface area contributed by atoms with Crippen LogP contribution in [0, 0.1) is 28.6 Å². The molecular formula is C26H46N2O3S. The molecule has 184 valence electrons. The van der Waals surface area contributed by atoms with E-state index in [4.69, 9.17) is 22.4 Å². The van der Waals surface area contributed by atoms with Gasteiger partial charge in [-0.05, 0) is 56.3 Å². The van der Waals surface area contributed by atoms with E-state index in [0.29, 0.717) is 37.8 Å². The summed E-state index contributed by atoms with van der Waals surface area (Å²) in [5, 5.41) is 10.3. The van der Waals surface area contributed by atoms with Crippen LogP contribution >= 0.6 is 12.6 Å². The van der Waals surface area contributed by atoms with Crippen LogP contribution in [0.1, 0.15) is 80.1 Å².